The van der Waals surface area contributed by atoms with Crippen molar-refractivity contribution in [2.45, 2.75) is 32.4 Å². The normalized spacial score (nSPS) is 13.7. The fourth-order valence-electron chi connectivity index (χ4n) is 1.02. The lowest BCUT2D eigenvalue weighted by Gasteiger charge is -2.27. The molecule has 0 aliphatic rings. The molecule has 0 aromatic heterocycles. The van der Waals surface area contributed by atoms with Crippen LogP contribution in [0.15, 0.2) is 18.2 Å². The number of nitrogens with one attached hydrogen (secondary N) is 1. The molecule has 0 aliphatic heterocycles. The summed E-state index contributed by atoms with van der Waals surface area (Å²) in [7, 11) is 0. The molecule has 0 radical (unpaired) electrons. The molecule has 84 valence electrons. The van der Waals surface area contributed by atoms with Gasteiger partial charge < -0.3 is 10.4 Å². The largest absolute Gasteiger partial charge is 0.388 e. The van der Waals surface area contributed by atoms with Crippen LogP contribution in [0.1, 0.15) is 20.8 Å². The first kappa shape index (κ1) is 11.9. The van der Waals surface area contributed by atoms with Crippen LogP contribution in [-0.4, -0.2) is 16.7 Å². The van der Waals surface area contributed by atoms with Crippen molar-refractivity contribution in [3.8, 4) is 0 Å². The number of rotatable bonds is 3. The summed E-state index contributed by atoms with van der Waals surface area (Å²) in [6.45, 7) is 4.96. The van der Waals surface area contributed by atoms with E-state index in [4.69, 9.17) is 0 Å². The average Bonchev–Trinajstić information content (AvgIpc) is 2.08. The molecule has 0 bridgehead atoms. The van der Waals surface area contributed by atoms with Gasteiger partial charge in [-0.1, -0.05) is 0 Å². The van der Waals surface area contributed by atoms with E-state index in [0.717, 1.165) is 6.07 Å². The standard InChI is InChI=1S/C11H15F2NO/c1-7(11(2,3)15)14-10-5-4-8(12)6-9(10)13/h4-7,14-15H,1-3H3. The number of anilines is 1. The van der Waals surface area contributed by atoms with Crippen molar-refractivity contribution in [1.82, 2.24) is 0 Å². The van der Waals surface area contributed by atoms with Crippen molar-refractivity contribution in [3.05, 3.63) is 29.8 Å². The van der Waals surface area contributed by atoms with Crippen molar-refractivity contribution in [2.75, 3.05) is 5.32 Å². The van der Waals surface area contributed by atoms with E-state index in [1.54, 1.807) is 20.8 Å². The number of aliphatic hydroxyl groups is 1. The van der Waals surface area contributed by atoms with E-state index < -0.39 is 17.2 Å². The maximum absolute atomic E-state index is 13.2. The minimum Gasteiger partial charge on any atom is -0.388 e. The highest BCUT2D eigenvalue weighted by Crippen LogP contribution is 2.19. The first-order valence-electron chi connectivity index (χ1n) is 4.74. The summed E-state index contributed by atoms with van der Waals surface area (Å²) in [5.74, 6) is -1.28. The highest BCUT2D eigenvalue weighted by Gasteiger charge is 2.22. The van der Waals surface area contributed by atoms with Crippen LogP contribution in [-0.2, 0) is 0 Å². The zero-order valence-corrected chi connectivity index (χ0v) is 9.01. The maximum atomic E-state index is 13.2. The van der Waals surface area contributed by atoms with E-state index in [2.05, 4.69) is 5.32 Å². The molecule has 4 heteroatoms. The lowest BCUT2D eigenvalue weighted by atomic mass is 10.0. The molecular formula is C11H15F2NO. The molecule has 2 nitrogen and oxygen atoms in total. The number of hydrogen-bond acceptors (Lipinski definition) is 2. The van der Waals surface area contributed by atoms with Gasteiger partial charge in [-0.2, -0.15) is 0 Å². The first-order valence-corrected chi connectivity index (χ1v) is 4.74. The Labute approximate surface area is 87.9 Å². The van der Waals surface area contributed by atoms with Crippen molar-refractivity contribution < 1.29 is 13.9 Å². The predicted molar refractivity (Wildman–Crippen MR) is 55.7 cm³/mol. The Morgan fingerprint density at radius 2 is 1.93 bits per heavy atom. The molecule has 0 amide bonds. The van der Waals surface area contributed by atoms with E-state index in [0.29, 0.717) is 0 Å². The van der Waals surface area contributed by atoms with Crippen molar-refractivity contribution in [1.29, 1.82) is 0 Å². The van der Waals surface area contributed by atoms with Gasteiger partial charge in [-0.05, 0) is 32.9 Å². The van der Waals surface area contributed by atoms with Crippen molar-refractivity contribution >= 4 is 5.69 Å². The summed E-state index contributed by atoms with van der Waals surface area (Å²) in [4.78, 5) is 0. The molecule has 1 atom stereocenters. The van der Waals surface area contributed by atoms with E-state index in [1.807, 2.05) is 0 Å². The van der Waals surface area contributed by atoms with Crippen LogP contribution >= 0.6 is 0 Å². The predicted octanol–water partition coefficient (Wildman–Crippen LogP) is 2.54. The fourth-order valence-corrected chi connectivity index (χ4v) is 1.02. The van der Waals surface area contributed by atoms with E-state index in [9.17, 15) is 13.9 Å². The first-order chi connectivity index (χ1) is 6.80. The van der Waals surface area contributed by atoms with Crippen LogP contribution in [0.2, 0.25) is 0 Å². The Morgan fingerprint density at radius 3 is 2.40 bits per heavy atom. The van der Waals surface area contributed by atoms with Gasteiger partial charge in [-0.25, -0.2) is 8.78 Å². The van der Waals surface area contributed by atoms with Gasteiger partial charge in [0.1, 0.15) is 11.6 Å². The zero-order valence-electron chi connectivity index (χ0n) is 9.01. The van der Waals surface area contributed by atoms with Crippen LogP contribution in [0.3, 0.4) is 0 Å². The quantitative estimate of drug-likeness (QED) is 0.812. The Hall–Kier alpha value is -1.16. The lowest BCUT2D eigenvalue weighted by Crippen LogP contribution is -2.39. The molecule has 1 aromatic rings. The van der Waals surface area contributed by atoms with E-state index >= 15 is 0 Å². The Morgan fingerprint density at radius 1 is 1.33 bits per heavy atom. The second kappa shape index (κ2) is 4.14. The van der Waals surface area contributed by atoms with Crippen molar-refractivity contribution in [2.24, 2.45) is 0 Å². The summed E-state index contributed by atoms with van der Waals surface area (Å²) < 4.78 is 25.8. The molecule has 15 heavy (non-hydrogen) atoms. The molecule has 0 aliphatic carbocycles. The third-order valence-electron chi connectivity index (χ3n) is 2.36. The monoisotopic (exact) mass is 215 g/mol. The Bertz CT molecular complexity index is 347. The molecular weight excluding hydrogens is 200 g/mol. The van der Waals surface area contributed by atoms with E-state index in [-0.39, 0.29) is 11.7 Å². The molecule has 0 fully saturated rings. The van der Waals surface area contributed by atoms with Gasteiger partial charge in [0.05, 0.1) is 17.3 Å². The average molecular weight is 215 g/mol. The Balaban J connectivity index is 2.82. The van der Waals surface area contributed by atoms with Gasteiger partial charge in [0.15, 0.2) is 0 Å². The van der Waals surface area contributed by atoms with E-state index in [1.165, 1.54) is 12.1 Å². The van der Waals surface area contributed by atoms with Crippen LogP contribution in [0.5, 0.6) is 0 Å². The van der Waals surface area contributed by atoms with Crippen LogP contribution in [0.25, 0.3) is 0 Å². The highest BCUT2D eigenvalue weighted by molar-refractivity contribution is 5.45. The summed E-state index contributed by atoms with van der Waals surface area (Å²) in [6, 6.07) is 2.95. The Kier molecular flexibility index (Phi) is 3.29. The molecule has 1 aromatic carbocycles. The number of hydrogen-bond donors (Lipinski definition) is 2. The van der Waals surface area contributed by atoms with Gasteiger partial charge in [0.25, 0.3) is 0 Å². The maximum Gasteiger partial charge on any atom is 0.149 e. The zero-order chi connectivity index (χ0) is 11.6. The minimum absolute atomic E-state index is 0.186. The minimum atomic E-state index is -0.971. The molecule has 0 saturated carbocycles. The summed E-state index contributed by atoms with van der Waals surface area (Å²) in [5.41, 5.74) is -0.785. The number of halogens is 2. The highest BCUT2D eigenvalue weighted by atomic mass is 19.1. The molecule has 0 spiro atoms. The number of benzene rings is 1. The van der Waals surface area contributed by atoms with Gasteiger partial charge >= 0.3 is 0 Å². The van der Waals surface area contributed by atoms with Crippen molar-refractivity contribution in [3.63, 3.8) is 0 Å². The topological polar surface area (TPSA) is 32.3 Å². The summed E-state index contributed by atoms with van der Waals surface area (Å²) in [6.07, 6.45) is 0. The lowest BCUT2D eigenvalue weighted by molar-refractivity contribution is 0.0648. The second-order valence-electron chi connectivity index (χ2n) is 4.14. The van der Waals surface area contributed by atoms with Crippen LogP contribution in [0.4, 0.5) is 14.5 Å². The molecule has 1 rings (SSSR count). The van der Waals surface area contributed by atoms with Gasteiger partial charge in [-0.3, -0.25) is 0 Å². The third-order valence-corrected chi connectivity index (χ3v) is 2.36. The van der Waals surface area contributed by atoms with Gasteiger partial charge in [0.2, 0.25) is 0 Å². The SMILES string of the molecule is CC(Nc1ccc(F)cc1F)C(C)(C)O. The summed E-state index contributed by atoms with van der Waals surface area (Å²) >= 11 is 0. The third kappa shape index (κ3) is 3.16. The summed E-state index contributed by atoms with van der Waals surface area (Å²) in [5, 5.41) is 12.4. The smallest absolute Gasteiger partial charge is 0.149 e. The molecule has 1 unspecified atom stereocenters. The second-order valence-corrected chi connectivity index (χ2v) is 4.14. The van der Waals surface area contributed by atoms with Crippen LogP contribution < -0.4 is 5.32 Å². The molecule has 2 N–H and O–H groups in total. The van der Waals surface area contributed by atoms with Gasteiger partial charge in [0, 0.05) is 6.07 Å². The van der Waals surface area contributed by atoms with Gasteiger partial charge in [-0.15, -0.1) is 0 Å². The fraction of sp³-hybridized carbons (Fsp3) is 0.455. The molecule has 0 heterocycles. The molecule has 0 saturated heterocycles. The van der Waals surface area contributed by atoms with Crippen LogP contribution in [0, 0.1) is 11.6 Å².